The number of hydrogen-bond acceptors (Lipinski definition) is 5. The lowest BCUT2D eigenvalue weighted by molar-refractivity contribution is -0.384. The molecule has 0 radical (unpaired) electrons. The van der Waals surface area contributed by atoms with Gasteiger partial charge in [-0.3, -0.25) is 19.7 Å². The quantitative estimate of drug-likeness (QED) is 0.298. The van der Waals surface area contributed by atoms with Gasteiger partial charge in [0.1, 0.15) is 0 Å². The topological polar surface area (TPSA) is 80.5 Å². The number of Topliss-reactive ketones (excluding diaryl/α,β-unsaturated/α-hetero) is 2. The van der Waals surface area contributed by atoms with E-state index in [1.54, 1.807) is 12.1 Å². The van der Waals surface area contributed by atoms with Gasteiger partial charge in [0.25, 0.3) is 5.69 Å². The Morgan fingerprint density at radius 2 is 1.28 bits per heavy atom. The Morgan fingerprint density at radius 1 is 0.806 bits per heavy atom. The van der Waals surface area contributed by atoms with Crippen LogP contribution >= 0.6 is 15.9 Å². The molecule has 7 heteroatoms. The lowest BCUT2D eigenvalue weighted by atomic mass is 9.63. The second-order valence-electron chi connectivity index (χ2n) is 11.7. The molecule has 36 heavy (non-hydrogen) atoms. The van der Waals surface area contributed by atoms with Gasteiger partial charge in [-0.1, -0.05) is 55.8 Å². The Balaban J connectivity index is 1.80. The minimum atomic E-state index is -0.417. The van der Waals surface area contributed by atoms with Crippen LogP contribution in [0.1, 0.15) is 64.9 Å². The van der Waals surface area contributed by atoms with Crippen molar-refractivity contribution in [1.29, 1.82) is 0 Å². The Kier molecular flexibility index (Phi) is 5.82. The Morgan fingerprint density at radius 3 is 1.72 bits per heavy atom. The standard InChI is InChI=1S/C29H29BrN2O4/c1-28(2)13-21-26(23(33)15-28)25(17-5-7-18(30)8-6-17)27-22(14-29(3,4)16-24(27)34)31(21)19-9-11-20(12-10-19)32(35)36/h5-12,25H,13-16H2,1-4H3. The highest BCUT2D eigenvalue weighted by Gasteiger charge is 2.49. The number of hydrogen-bond donors (Lipinski definition) is 0. The van der Waals surface area contributed by atoms with Crippen LogP contribution in [0.4, 0.5) is 11.4 Å². The van der Waals surface area contributed by atoms with Crippen LogP contribution in [0.3, 0.4) is 0 Å². The van der Waals surface area contributed by atoms with E-state index in [1.807, 2.05) is 24.3 Å². The molecule has 0 saturated heterocycles. The van der Waals surface area contributed by atoms with Gasteiger partial charge in [0.05, 0.1) is 4.92 Å². The SMILES string of the molecule is CC1(C)CC(=O)C2=C(C1)N(c1ccc([N+](=O)[O-])cc1)C1=C(C(=O)CC(C)(C)C1)C2c1ccc(Br)cc1. The second-order valence-corrected chi connectivity index (χ2v) is 12.6. The fraction of sp³-hybridized carbons (Fsp3) is 0.379. The summed E-state index contributed by atoms with van der Waals surface area (Å²) in [6.45, 7) is 8.38. The van der Waals surface area contributed by atoms with Gasteiger partial charge in [0.2, 0.25) is 0 Å². The van der Waals surface area contributed by atoms with Crippen molar-refractivity contribution in [2.45, 2.75) is 59.3 Å². The Hall–Kier alpha value is -3.06. The smallest absolute Gasteiger partial charge is 0.269 e. The first-order chi connectivity index (χ1) is 16.9. The first-order valence-corrected chi connectivity index (χ1v) is 13.0. The largest absolute Gasteiger partial charge is 0.317 e. The predicted molar refractivity (Wildman–Crippen MR) is 143 cm³/mol. The Labute approximate surface area is 219 Å². The third-order valence-corrected chi connectivity index (χ3v) is 7.96. The molecule has 1 aliphatic heterocycles. The molecule has 2 aromatic rings. The van der Waals surface area contributed by atoms with E-state index in [0.29, 0.717) is 36.8 Å². The molecule has 0 spiro atoms. The molecular weight excluding hydrogens is 520 g/mol. The van der Waals surface area contributed by atoms with Crippen molar-refractivity contribution >= 4 is 38.9 Å². The number of nitro groups is 1. The molecule has 186 valence electrons. The Bertz CT molecular complexity index is 1300. The molecule has 0 bridgehead atoms. The maximum atomic E-state index is 13.8. The minimum Gasteiger partial charge on any atom is -0.317 e. The van der Waals surface area contributed by atoms with Crippen molar-refractivity contribution in [3.63, 3.8) is 0 Å². The monoisotopic (exact) mass is 548 g/mol. The average molecular weight is 549 g/mol. The molecule has 2 aromatic carbocycles. The van der Waals surface area contributed by atoms with Crippen molar-refractivity contribution in [1.82, 2.24) is 0 Å². The summed E-state index contributed by atoms with van der Waals surface area (Å²) in [5.74, 6) is -0.292. The molecule has 3 aliphatic rings. The minimum absolute atomic E-state index is 0.00649. The molecule has 0 unspecified atom stereocenters. The van der Waals surface area contributed by atoms with Crippen LogP contribution in [0.2, 0.25) is 0 Å². The van der Waals surface area contributed by atoms with Gasteiger partial charge in [0, 0.05) is 63.6 Å². The highest BCUT2D eigenvalue weighted by atomic mass is 79.9. The van der Waals surface area contributed by atoms with E-state index in [0.717, 1.165) is 27.1 Å². The third kappa shape index (κ3) is 4.23. The van der Waals surface area contributed by atoms with Gasteiger partial charge in [-0.25, -0.2) is 0 Å². The molecule has 2 aliphatic carbocycles. The third-order valence-electron chi connectivity index (χ3n) is 7.43. The predicted octanol–water partition coefficient (Wildman–Crippen LogP) is 7.25. The second kappa shape index (κ2) is 8.51. The van der Waals surface area contributed by atoms with Crippen molar-refractivity contribution in [2.75, 3.05) is 4.90 Å². The fourth-order valence-corrected chi connectivity index (χ4v) is 6.25. The summed E-state index contributed by atoms with van der Waals surface area (Å²) >= 11 is 3.50. The maximum absolute atomic E-state index is 13.8. The van der Waals surface area contributed by atoms with Gasteiger partial charge < -0.3 is 4.90 Å². The van der Waals surface area contributed by atoms with Crippen LogP contribution < -0.4 is 4.90 Å². The van der Waals surface area contributed by atoms with Crippen LogP contribution in [-0.2, 0) is 9.59 Å². The van der Waals surface area contributed by atoms with Crippen molar-refractivity contribution < 1.29 is 14.5 Å². The van der Waals surface area contributed by atoms with Crippen molar-refractivity contribution in [3.8, 4) is 0 Å². The van der Waals surface area contributed by atoms with Crippen LogP contribution in [0.25, 0.3) is 0 Å². The molecule has 6 nitrogen and oxygen atoms in total. The lowest BCUT2D eigenvalue weighted by Crippen LogP contribution is -2.44. The highest BCUT2D eigenvalue weighted by Crippen LogP contribution is 2.55. The number of non-ortho nitro benzene ring substituents is 1. The van der Waals surface area contributed by atoms with E-state index in [9.17, 15) is 19.7 Å². The van der Waals surface area contributed by atoms with Gasteiger partial charge in [-0.05, 0) is 53.5 Å². The summed E-state index contributed by atoms with van der Waals surface area (Å²) in [4.78, 5) is 40.6. The number of carbonyl (C=O) groups excluding carboxylic acids is 2. The number of benzene rings is 2. The number of ketones is 2. The molecule has 0 fully saturated rings. The molecular formula is C29H29BrN2O4. The molecule has 0 amide bonds. The molecule has 0 atom stereocenters. The van der Waals surface area contributed by atoms with E-state index < -0.39 is 10.8 Å². The zero-order valence-electron chi connectivity index (χ0n) is 20.9. The number of allylic oxidation sites excluding steroid dienone is 4. The van der Waals surface area contributed by atoms with E-state index in [1.165, 1.54) is 12.1 Å². The maximum Gasteiger partial charge on any atom is 0.269 e. The van der Waals surface area contributed by atoms with Crippen LogP contribution in [0, 0.1) is 20.9 Å². The van der Waals surface area contributed by atoms with E-state index in [4.69, 9.17) is 0 Å². The summed E-state index contributed by atoms with van der Waals surface area (Å²) in [5.41, 5.74) is 4.37. The van der Waals surface area contributed by atoms with Crippen molar-refractivity contribution in [2.24, 2.45) is 10.8 Å². The van der Waals surface area contributed by atoms with Gasteiger partial charge in [-0.2, -0.15) is 0 Å². The fourth-order valence-electron chi connectivity index (χ4n) is 5.99. The van der Waals surface area contributed by atoms with Crippen molar-refractivity contribution in [3.05, 3.63) is 91.2 Å². The zero-order valence-corrected chi connectivity index (χ0v) is 22.5. The van der Waals surface area contributed by atoms with Gasteiger partial charge >= 0.3 is 0 Å². The van der Waals surface area contributed by atoms with Gasteiger partial charge in [-0.15, -0.1) is 0 Å². The summed E-state index contributed by atoms with van der Waals surface area (Å²) in [5, 5.41) is 11.3. The highest BCUT2D eigenvalue weighted by molar-refractivity contribution is 9.10. The summed E-state index contributed by atoms with van der Waals surface area (Å²) < 4.78 is 0.935. The number of halogens is 1. The number of nitro benzene ring substituents is 1. The van der Waals surface area contributed by atoms with E-state index in [-0.39, 0.29) is 28.1 Å². The molecule has 0 aromatic heterocycles. The zero-order chi connectivity index (χ0) is 26.0. The lowest BCUT2D eigenvalue weighted by Gasteiger charge is -2.49. The number of rotatable bonds is 3. The summed E-state index contributed by atoms with van der Waals surface area (Å²) in [6.07, 6.45) is 2.16. The number of carbonyl (C=O) groups is 2. The summed E-state index contributed by atoms with van der Waals surface area (Å²) in [6, 6.07) is 14.3. The molecule has 1 heterocycles. The molecule has 0 N–H and O–H groups in total. The van der Waals surface area contributed by atoms with Crippen LogP contribution in [0.15, 0.2) is 75.5 Å². The summed E-state index contributed by atoms with van der Waals surface area (Å²) in [7, 11) is 0. The molecule has 0 saturated carbocycles. The molecule has 5 rings (SSSR count). The van der Waals surface area contributed by atoms with E-state index in [2.05, 4.69) is 48.5 Å². The normalized spacial score (nSPS) is 21.4. The number of nitrogens with zero attached hydrogens (tertiary/aromatic N) is 2. The average Bonchev–Trinajstić information content (AvgIpc) is 2.77. The van der Waals surface area contributed by atoms with Gasteiger partial charge in [0.15, 0.2) is 11.6 Å². The van der Waals surface area contributed by atoms with Crippen LogP contribution in [-0.4, -0.2) is 16.5 Å². The first-order valence-electron chi connectivity index (χ1n) is 12.2. The van der Waals surface area contributed by atoms with Crippen LogP contribution in [0.5, 0.6) is 0 Å². The number of anilines is 1. The first kappa shape index (κ1) is 24.6. The van der Waals surface area contributed by atoms with E-state index >= 15 is 0 Å².